The maximum absolute atomic E-state index is 13.6. The molecule has 0 saturated carbocycles. The number of piperazine rings is 1. The van der Waals surface area contributed by atoms with Crippen LogP contribution in [0, 0.1) is 19.7 Å². The van der Waals surface area contributed by atoms with Crippen molar-refractivity contribution in [3.8, 4) is 0 Å². The van der Waals surface area contributed by atoms with Crippen LogP contribution in [0.4, 0.5) is 4.39 Å². The van der Waals surface area contributed by atoms with E-state index in [9.17, 15) is 17.6 Å². The molecule has 2 aromatic carbocycles. The molecule has 8 heteroatoms. The molecule has 1 saturated heterocycles. The number of hydrogen-bond donors (Lipinski definition) is 1. The normalized spacial score (nSPS) is 16.0. The van der Waals surface area contributed by atoms with Gasteiger partial charge in [-0.3, -0.25) is 9.69 Å². The largest absolute Gasteiger partial charge is 0.351 e. The predicted molar refractivity (Wildman–Crippen MR) is 109 cm³/mol. The van der Waals surface area contributed by atoms with E-state index in [1.807, 2.05) is 24.8 Å². The maximum Gasteiger partial charge on any atom is 0.243 e. The first kappa shape index (κ1) is 21.4. The van der Waals surface area contributed by atoms with E-state index in [2.05, 4.69) is 5.32 Å². The predicted octanol–water partition coefficient (Wildman–Crippen LogP) is 2.07. The molecule has 1 amide bonds. The van der Waals surface area contributed by atoms with Gasteiger partial charge < -0.3 is 5.32 Å². The summed E-state index contributed by atoms with van der Waals surface area (Å²) in [6, 6.07) is 11.5. The highest BCUT2D eigenvalue weighted by Crippen LogP contribution is 2.20. The number of hydrogen-bond acceptors (Lipinski definition) is 4. The number of carbonyl (C=O) groups is 1. The van der Waals surface area contributed by atoms with Crippen LogP contribution in [-0.4, -0.2) is 56.3 Å². The quantitative estimate of drug-likeness (QED) is 0.778. The fourth-order valence-electron chi connectivity index (χ4n) is 3.25. The Hall–Kier alpha value is -2.29. The molecular formula is C21H26FN3O3S. The van der Waals surface area contributed by atoms with Gasteiger partial charge in [-0.05, 0) is 43.2 Å². The van der Waals surface area contributed by atoms with Crippen LogP contribution in [0.3, 0.4) is 0 Å². The lowest BCUT2D eigenvalue weighted by Crippen LogP contribution is -2.51. The van der Waals surface area contributed by atoms with Gasteiger partial charge in [0.2, 0.25) is 15.9 Å². The summed E-state index contributed by atoms with van der Waals surface area (Å²) in [5.41, 5.74) is 2.43. The van der Waals surface area contributed by atoms with Gasteiger partial charge >= 0.3 is 0 Å². The van der Waals surface area contributed by atoms with Crippen molar-refractivity contribution in [3.63, 3.8) is 0 Å². The molecule has 0 bridgehead atoms. The number of halogens is 1. The molecule has 0 radical (unpaired) electrons. The third-order valence-corrected chi connectivity index (χ3v) is 7.14. The molecule has 0 spiro atoms. The first-order chi connectivity index (χ1) is 13.8. The SMILES string of the molecule is Cc1ccc(S(=O)(=O)N2CCN(CC(=O)NCc3ccccc3F)CC2)cc1C. The van der Waals surface area contributed by atoms with Gasteiger partial charge in [0.15, 0.2) is 0 Å². The highest BCUT2D eigenvalue weighted by Gasteiger charge is 2.29. The van der Waals surface area contributed by atoms with E-state index in [0.717, 1.165) is 11.1 Å². The number of benzene rings is 2. The molecule has 156 valence electrons. The number of sulfonamides is 1. The molecule has 2 aromatic rings. The maximum atomic E-state index is 13.6. The molecule has 0 unspecified atom stereocenters. The Labute approximate surface area is 171 Å². The average molecular weight is 420 g/mol. The van der Waals surface area contributed by atoms with E-state index < -0.39 is 10.0 Å². The molecule has 0 aliphatic carbocycles. The van der Waals surface area contributed by atoms with Crippen molar-refractivity contribution in [2.75, 3.05) is 32.7 Å². The van der Waals surface area contributed by atoms with Crippen LogP contribution in [0.5, 0.6) is 0 Å². The zero-order valence-electron chi connectivity index (χ0n) is 16.7. The van der Waals surface area contributed by atoms with Crippen LogP contribution in [0.1, 0.15) is 16.7 Å². The summed E-state index contributed by atoms with van der Waals surface area (Å²) >= 11 is 0. The van der Waals surface area contributed by atoms with Crippen LogP contribution in [0.15, 0.2) is 47.4 Å². The average Bonchev–Trinajstić information content (AvgIpc) is 2.70. The summed E-state index contributed by atoms with van der Waals surface area (Å²) in [5, 5.41) is 2.71. The van der Waals surface area contributed by atoms with Crippen LogP contribution < -0.4 is 5.32 Å². The number of amides is 1. The number of aryl methyl sites for hydroxylation is 2. The Morgan fingerprint density at radius 3 is 2.38 bits per heavy atom. The number of nitrogens with one attached hydrogen (secondary N) is 1. The Kier molecular flexibility index (Phi) is 6.66. The van der Waals surface area contributed by atoms with Crippen molar-refractivity contribution >= 4 is 15.9 Å². The van der Waals surface area contributed by atoms with Crippen LogP contribution in [-0.2, 0) is 21.4 Å². The molecule has 29 heavy (non-hydrogen) atoms. The Morgan fingerprint density at radius 2 is 1.72 bits per heavy atom. The van der Waals surface area contributed by atoms with Gasteiger partial charge in [-0.25, -0.2) is 12.8 Å². The third kappa shape index (κ3) is 5.20. The molecule has 1 heterocycles. The molecule has 0 atom stereocenters. The zero-order chi connectivity index (χ0) is 21.0. The van der Waals surface area contributed by atoms with Crippen molar-refractivity contribution in [1.82, 2.24) is 14.5 Å². The molecule has 3 rings (SSSR count). The van der Waals surface area contributed by atoms with E-state index in [1.165, 1.54) is 10.4 Å². The standard InChI is InChI=1S/C21H26FN3O3S/c1-16-7-8-19(13-17(16)2)29(27,28)25-11-9-24(10-12-25)15-21(26)23-14-18-5-3-4-6-20(18)22/h3-8,13H,9-12,14-15H2,1-2H3,(H,23,26). The van der Waals surface area contributed by atoms with Crippen LogP contribution in [0.2, 0.25) is 0 Å². The molecule has 1 N–H and O–H groups in total. The minimum absolute atomic E-state index is 0.132. The Bertz CT molecular complexity index is 986. The van der Waals surface area contributed by atoms with Gasteiger partial charge in [0.1, 0.15) is 5.82 Å². The lowest BCUT2D eigenvalue weighted by Gasteiger charge is -2.33. The lowest BCUT2D eigenvalue weighted by molar-refractivity contribution is -0.122. The number of nitrogens with zero attached hydrogens (tertiary/aromatic N) is 2. The second-order valence-corrected chi connectivity index (χ2v) is 9.23. The van der Waals surface area contributed by atoms with E-state index in [0.29, 0.717) is 36.6 Å². The lowest BCUT2D eigenvalue weighted by atomic mass is 10.1. The van der Waals surface area contributed by atoms with Crippen molar-refractivity contribution in [3.05, 3.63) is 65.0 Å². The minimum Gasteiger partial charge on any atom is -0.351 e. The van der Waals surface area contributed by atoms with E-state index in [4.69, 9.17) is 0 Å². The first-order valence-electron chi connectivity index (χ1n) is 9.57. The Balaban J connectivity index is 1.51. The molecular weight excluding hydrogens is 393 g/mol. The summed E-state index contributed by atoms with van der Waals surface area (Å²) in [6.45, 7) is 5.73. The fraction of sp³-hybridized carbons (Fsp3) is 0.381. The van der Waals surface area contributed by atoms with Crippen molar-refractivity contribution in [2.45, 2.75) is 25.3 Å². The molecule has 6 nitrogen and oxygen atoms in total. The monoisotopic (exact) mass is 419 g/mol. The van der Waals surface area contributed by atoms with E-state index in [1.54, 1.807) is 30.3 Å². The van der Waals surface area contributed by atoms with Gasteiger partial charge in [-0.2, -0.15) is 4.31 Å². The van der Waals surface area contributed by atoms with Gasteiger partial charge in [0, 0.05) is 38.3 Å². The van der Waals surface area contributed by atoms with Gasteiger partial charge in [0.25, 0.3) is 0 Å². The second-order valence-electron chi connectivity index (χ2n) is 7.29. The number of carbonyl (C=O) groups excluding carboxylic acids is 1. The van der Waals surface area contributed by atoms with Gasteiger partial charge in [-0.1, -0.05) is 24.3 Å². The zero-order valence-corrected chi connectivity index (χ0v) is 17.5. The van der Waals surface area contributed by atoms with Gasteiger partial charge in [-0.15, -0.1) is 0 Å². The second kappa shape index (κ2) is 9.02. The fourth-order valence-corrected chi connectivity index (χ4v) is 4.75. The number of rotatable bonds is 6. The third-order valence-electron chi connectivity index (χ3n) is 5.25. The molecule has 0 aromatic heterocycles. The topological polar surface area (TPSA) is 69.7 Å². The van der Waals surface area contributed by atoms with Crippen LogP contribution in [0.25, 0.3) is 0 Å². The Morgan fingerprint density at radius 1 is 1.03 bits per heavy atom. The highest BCUT2D eigenvalue weighted by molar-refractivity contribution is 7.89. The first-order valence-corrected chi connectivity index (χ1v) is 11.0. The summed E-state index contributed by atoms with van der Waals surface area (Å²) in [5.74, 6) is -0.559. The molecule has 1 aliphatic heterocycles. The van der Waals surface area contributed by atoms with Crippen LogP contribution >= 0.6 is 0 Å². The van der Waals surface area contributed by atoms with Gasteiger partial charge in [0.05, 0.1) is 11.4 Å². The minimum atomic E-state index is -3.54. The van der Waals surface area contributed by atoms with E-state index in [-0.39, 0.29) is 24.8 Å². The summed E-state index contributed by atoms with van der Waals surface area (Å²) in [4.78, 5) is 14.4. The van der Waals surface area contributed by atoms with E-state index >= 15 is 0 Å². The molecule has 1 aliphatic rings. The highest BCUT2D eigenvalue weighted by atomic mass is 32.2. The van der Waals surface area contributed by atoms with Crippen molar-refractivity contribution < 1.29 is 17.6 Å². The summed E-state index contributed by atoms with van der Waals surface area (Å²) < 4.78 is 40.8. The van der Waals surface area contributed by atoms with Crippen molar-refractivity contribution in [1.29, 1.82) is 0 Å². The van der Waals surface area contributed by atoms with Crippen molar-refractivity contribution in [2.24, 2.45) is 0 Å². The smallest absolute Gasteiger partial charge is 0.243 e. The molecule has 1 fully saturated rings. The summed E-state index contributed by atoms with van der Waals surface area (Å²) in [7, 11) is -3.54. The summed E-state index contributed by atoms with van der Waals surface area (Å²) in [6.07, 6.45) is 0.